The van der Waals surface area contributed by atoms with Crippen LogP contribution in [0.5, 0.6) is 0 Å². The summed E-state index contributed by atoms with van der Waals surface area (Å²) in [6.45, 7) is 4.81. The summed E-state index contributed by atoms with van der Waals surface area (Å²) in [5.74, 6) is -1.60. The first-order chi connectivity index (χ1) is 15.5. The van der Waals surface area contributed by atoms with E-state index in [1.165, 1.54) is 67.6 Å². The molecule has 1 heterocycles. The van der Waals surface area contributed by atoms with Gasteiger partial charge >= 0.3 is 5.97 Å². The van der Waals surface area contributed by atoms with Gasteiger partial charge in [0.05, 0.1) is 4.90 Å². The van der Waals surface area contributed by atoms with E-state index in [-0.39, 0.29) is 16.7 Å². The van der Waals surface area contributed by atoms with E-state index in [0.29, 0.717) is 17.0 Å². The molecule has 0 aliphatic carbocycles. The van der Waals surface area contributed by atoms with E-state index in [2.05, 4.69) is 10.0 Å². The molecule has 0 spiro atoms. The zero-order valence-corrected chi connectivity index (χ0v) is 19.0. The summed E-state index contributed by atoms with van der Waals surface area (Å²) >= 11 is 0. The van der Waals surface area contributed by atoms with Crippen molar-refractivity contribution in [3.63, 3.8) is 0 Å². The number of ether oxygens (including phenoxy) is 1. The Bertz CT molecular complexity index is 1230. The fourth-order valence-electron chi connectivity index (χ4n) is 2.83. The van der Waals surface area contributed by atoms with E-state index in [0.717, 1.165) is 0 Å². The van der Waals surface area contributed by atoms with Gasteiger partial charge < -0.3 is 14.5 Å². The molecule has 0 bridgehead atoms. The van der Waals surface area contributed by atoms with Crippen molar-refractivity contribution in [3.05, 3.63) is 72.2 Å². The number of hydrogen-bond acceptors (Lipinski definition) is 6. The van der Waals surface area contributed by atoms with E-state index in [4.69, 9.17) is 9.15 Å². The molecule has 10 heteroatoms. The van der Waals surface area contributed by atoms with Gasteiger partial charge in [-0.2, -0.15) is 0 Å². The van der Waals surface area contributed by atoms with Gasteiger partial charge in [0, 0.05) is 17.3 Å². The van der Waals surface area contributed by atoms with Crippen molar-refractivity contribution in [2.45, 2.75) is 37.8 Å². The number of anilines is 1. The van der Waals surface area contributed by atoms with Crippen LogP contribution in [0.1, 0.15) is 31.3 Å². The van der Waals surface area contributed by atoms with Gasteiger partial charge in [0.25, 0.3) is 5.91 Å². The minimum atomic E-state index is -3.65. The molecule has 8 nitrogen and oxygen atoms in total. The maximum Gasteiger partial charge on any atom is 0.375 e. The fraction of sp³-hybridized carbons (Fsp3) is 0.217. The second kappa shape index (κ2) is 9.97. The number of amides is 1. The Morgan fingerprint density at radius 1 is 0.939 bits per heavy atom. The normalized spacial score (nSPS) is 12.4. The summed E-state index contributed by atoms with van der Waals surface area (Å²) in [7, 11) is -3.65. The lowest BCUT2D eigenvalue weighted by Crippen LogP contribution is -2.30. The molecule has 0 fully saturated rings. The molecule has 0 saturated heterocycles. The van der Waals surface area contributed by atoms with E-state index in [1.54, 1.807) is 13.8 Å². The van der Waals surface area contributed by atoms with Crippen molar-refractivity contribution in [3.8, 4) is 11.3 Å². The van der Waals surface area contributed by atoms with E-state index in [9.17, 15) is 22.4 Å². The topological polar surface area (TPSA) is 115 Å². The highest BCUT2D eigenvalue weighted by Gasteiger charge is 2.22. The number of carbonyl (C=O) groups excluding carboxylic acids is 2. The van der Waals surface area contributed by atoms with Crippen molar-refractivity contribution >= 4 is 27.6 Å². The quantitative estimate of drug-likeness (QED) is 0.478. The van der Waals surface area contributed by atoms with Crippen molar-refractivity contribution in [1.82, 2.24) is 4.72 Å². The highest BCUT2D eigenvalue weighted by molar-refractivity contribution is 7.89. The van der Waals surface area contributed by atoms with Crippen LogP contribution >= 0.6 is 0 Å². The molecule has 1 amide bonds. The summed E-state index contributed by atoms with van der Waals surface area (Å²) < 4.78 is 50.5. The Kier molecular flexibility index (Phi) is 7.29. The zero-order valence-electron chi connectivity index (χ0n) is 18.2. The molecule has 0 radical (unpaired) electrons. The van der Waals surface area contributed by atoms with Crippen molar-refractivity contribution in [1.29, 1.82) is 0 Å². The van der Waals surface area contributed by atoms with Gasteiger partial charge in [-0.05, 0) is 81.4 Å². The van der Waals surface area contributed by atoms with Crippen LogP contribution in [-0.2, 0) is 19.6 Å². The number of sulfonamides is 1. The molecule has 3 rings (SSSR count). The Morgan fingerprint density at radius 3 is 2.18 bits per heavy atom. The maximum atomic E-state index is 13.1. The smallest absolute Gasteiger partial charge is 0.375 e. The van der Waals surface area contributed by atoms with Crippen LogP contribution in [0.2, 0.25) is 0 Å². The molecular weight excluding hydrogens is 451 g/mol. The number of hydrogen-bond donors (Lipinski definition) is 2. The molecule has 0 aliphatic rings. The van der Waals surface area contributed by atoms with Crippen LogP contribution in [0.4, 0.5) is 10.1 Å². The third kappa shape index (κ3) is 6.27. The summed E-state index contributed by atoms with van der Waals surface area (Å²) in [6.07, 6.45) is -1.15. The average Bonchev–Trinajstić information content (AvgIpc) is 3.24. The standard InChI is InChI=1S/C23H23FN2O6S/c1-14(2)26-33(29,30)19-10-8-18(9-11-19)25-22(27)15(3)31-23(28)21-13-12-20(32-21)16-4-6-17(24)7-5-16/h4-15,26H,1-3H3,(H,25,27). The van der Waals surface area contributed by atoms with Crippen molar-refractivity contribution in [2.75, 3.05) is 5.32 Å². The predicted molar refractivity (Wildman–Crippen MR) is 120 cm³/mol. The third-order valence-electron chi connectivity index (χ3n) is 4.41. The molecule has 1 atom stereocenters. The van der Waals surface area contributed by atoms with Gasteiger partial charge in [-0.25, -0.2) is 22.3 Å². The number of rotatable bonds is 8. The Balaban J connectivity index is 1.59. The van der Waals surface area contributed by atoms with Gasteiger partial charge in [-0.3, -0.25) is 4.79 Å². The van der Waals surface area contributed by atoms with Gasteiger partial charge in [0.1, 0.15) is 11.6 Å². The summed E-state index contributed by atoms with van der Waals surface area (Å²) in [6, 6.07) is 13.8. The first-order valence-electron chi connectivity index (χ1n) is 10.0. The molecule has 0 saturated carbocycles. The molecule has 2 N–H and O–H groups in total. The van der Waals surface area contributed by atoms with E-state index >= 15 is 0 Å². The minimum absolute atomic E-state index is 0.0588. The molecule has 3 aromatic rings. The minimum Gasteiger partial charge on any atom is -0.449 e. The number of esters is 1. The molecule has 2 aromatic carbocycles. The molecule has 33 heavy (non-hydrogen) atoms. The van der Waals surface area contributed by atoms with Crippen LogP contribution in [0, 0.1) is 5.82 Å². The van der Waals surface area contributed by atoms with E-state index in [1.807, 2.05) is 0 Å². The number of furan rings is 1. The lowest BCUT2D eigenvalue weighted by molar-refractivity contribution is -0.123. The Labute approximate surface area is 190 Å². The van der Waals surface area contributed by atoms with Crippen LogP contribution in [0.3, 0.4) is 0 Å². The molecular formula is C23H23FN2O6S. The number of nitrogens with one attached hydrogen (secondary N) is 2. The van der Waals surface area contributed by atoms with Crippen LogP contribution in [0.25, 0.3) is 11.3 Å². The zero-order chi connectivity index (χ0) is 24.2. The number of benzene rings is 2. The summed E-state index contributed by atoms with van der Waals surface area (Å²) in [5.41, 5.74) is 0.915. The monoisotopic (exact) mass is 474 g/mol. The van der Waals surface area contributed by atoms with Crippen molar-refractivity contribution < 1.29 is 31.6 Å². The molecule has 174 valence electrons. The predicted octanol–water partition coefficient (Wildman–Crippen LogP) is 3.96. The number of halogens is 1. The first-order valence-corrected chi connectivity index (χ1v) is 11.5. The SMILES string of the molecule is CC(C)NS(=O)(=O)c1ccc(NC(=O)C(C)OC(=O)c2ccc(-c3ccc(F)cc3)o2)cc1. The maximum absolute atomic E-state index is 13.1. The third-order valence-corrected chi connectivity index (χ3v) is 6.09. The lowest BCUT2D eigenvalue weighted by atomic mass is 10.2. The van der Waals surface area contributed by atoms with Gasteiger partial charge in [0.2, 0.25) is 15.8 Å². The van der Waals surface area contributed by atoms with E-state index < -0.39 is 33.8 Å². The number of carbonyl (C=O) groups is 2. The first kappa shape index (κ1) is 24.1. The van der Waals surface area contributed by atoms with Crippen molar-refractivity contribution in [2.24, 2.45) is 0 Å². The molecule has 1 unspecified atom stereocenters. The average molecular weight is 475 g/mol. The highest BCUT2D eigenvalue weighted by Crippen LogP contribution is 2.23. The summed E-state index contributed by atoms with van der Waals surface area (Å²) in [5, 5.41) is 2.56. The van der Waals surface area contributed by atoms with Crippen LogP contribution < -0.4 is 10.0 Å². The molecule has 1 aromatic heterocycles. The van der Waals surface area contributed by atoms with Crippen LogP contribution in [-0.4, -0.2) is 32.4 Å². The van der Waals surface area contributed by atoms with Gasteiger partial charge in [-0.15, -0.1) is 0 Å². The second-order valence-electron chi connectivity index (χ2n) is 7.51. The van der Waals surface area contributed by atoms with Gasteiger partial charge in [0.15, 0.2) is 6.10 Å². The lowest BCUT2D eigenvalue weighted by Gasteiger charge is -2.13. The second-order valence-corrected chi connectivity index (χ2v) is 9.22. The van der Waals surface area contributed by atoms with Crippen LogP contribution in [0.15, 0.2) is 70.0 Å². The van der Waals surface area contributed by atoms with Gasteiger partial charge in [-0.1, -0.05) is 0 Å². The fourth-order valence-corrected chi connectivity index (χ4v) is 4.08. The Hall–Kier alpha value is -3.50. The largest absolute Gasteiger partial charge is 0.449 e. The Morgan fingerprint density at radius 2 is 1.58 bits per heavy atom. The highest BCUT2D eigenvalue weighted by atomic mass is 32.2. The summed E-state index contributed by atoms with van der Waals surface area (Å²) in [4.78, 5) is 24.8. The molecule has 0 aliphatic heterocycles.